The number of benzene rings is 1. The Morgan fingerprint density at radius 3 is 2.51 bits per heavy atom. The summed E-state index contributed by atoms with van der Waals surface area (Å²) in [7, 11) is 2.09. The Labute approximate surface area is 219 Å². The van der Waals surface area contributed by atoms with E-state index in [1.54, 1.807) is 6.20 Å². The minimum atomic E-state index is 0.0806. The topological polar surface area (TPSA) is 116 Å². The van der Waals surface area contributed by atoms with Gasteiger partial charge in [-0.2, -0.15) is 4.98 Å². The van der Waals surface area contributed by atoms with Crippen LogP contribution in [0, 0.1) is 23.7 Å². The van der Waals surface area contributed by atoms with Gasteiger partial charge in [-0.25, -0.2) is 4.98 Å². The van der Waals surface area contributed by atoms with Crippen LogP contribution in [0.3, 0.4) is 0 Å². The van der Waals surface area contributed by atoms with Crippen molar-refractivity contribution < 1.29 is 9.59 Å². The number of hydrogen-bond acceptors (Lipinski definition) is 8. The van der Waals surface area contributed by atoms with Gasteiger partial charge < -0.3 is 31.0 Å². The van der Waals surface area contributed by atoms with Gasteiger partial charge in [0.25, 0.3) is 5.91 Å². The van der Waals surface area contributed by atoms with Crippen LogP contribution in [-0.4, -0.2) is 78.3 Å². The van der Waals surface area contributed by atoms with Gasteiger partial charge in [0.05, 0.1) is 11.8 Å². The number of carbonyl (C=O) groups excluding carboxylic acids is 2. The highest BCUT2D eigenvalue weighted by Gasteiger charge is 2.27. The minimum absolute atomic E-state index is 0.0806. The first-order chi connectivity index (χ1) is 18.1. The van der Waals surface area contributed by atoms with Crippen molar-refractivity contribution in [2.75, 3.05) is 50.4 Å². The quantitative estimate of drug-likeness (QED) is 0.516. The van der Waals surface area contributed by atoms with Gasteiger partial charge >= 0.3 is 0 Å². The van der Waals surface area contributed by atoms with E-state index in [9.17, 15) is 4.79 Å². The molecule has 1 saturated heterocycles. The maximum atomic E-state index is 12.8. The van der Waals surface area contributed by atoms with Gasteiger partial charge in [0.1, 0.15) is 12.6 Å². The maximum absolute atomic E-state index is 12.8. The highest BCUT2D eigenvalue weighted by molar-refractivity contribution is 5.94. The predicted octanol–water partition coefficient (Wildman–Crippen LogP) is 2.72. The maximum Gasteiger partial charge on any atom is 0.253 e. The first kappa shape index (κ1) is 26.6. The second-order valence-electron chi connectivity index (χ2n) is 9.97. The Kier molecular flexibility index (Phi) is 9.09. The van der Waals surface area contributed by atoms with E-state index in [-0.39, 0.29) is 5.91 Å². The van der Waals surface area contributed by atoms with Crippen LogP contribution in [0.2, 0.25) is 0 Å². The summed E-state index contributed by atoms with van der Waals surface area (Å²) in [4.78, 5) is 34.3. The number of amides is 1. The minimum Gasteiger partial charge on any atom is -0.366 e. The molecule has 0 spiro atoms. The van der Waals surface area contributed by atoms with Crippen LogP contribution in [0.25, 0.3) is 0 Å². The molecule has 2 aromatic rings. The summed E-state index contributed by atoms with van der Waals surface area (Å²) >= 11 is 0. The number of nitrogens with one attached hydrogen (secondary N) is 2. The van der Waals surface area contributed by atoms with Gasteiger partial charge in [0.2, 0.25) is 5.95 Å². The van der Waals surface area contributed by atoms with Crippen LogP contribution in [0.15, 0.2) is 30.5 Å². The second-order valence-corrected chi connectivity index (χ2v) is 9.97. The molecule has 1 amide bonds. The van der Waals surface area contributed by atoms with E-state index in [1.807, 2.05) is 36.0 Å². The molecule has 0 radical (unpaired) electrons. The van der Waals surface area contributed by atoms with Crippen LogP contribution in [0.4, 0.5) is 17.5 Å². The summed E-state index contributed by atoms with van der Waals surface area (Å²) in [6.45, 7) is 6.03. The number of piperazine rings is 1. The first-order valence-electron chi connectivity index (χ1n) is 13.1. The third kappa shape index (κ3) is 7.06. The van der Waals surface area contributed by atoms with Crippen LogP contribution in [0.1, 0.15) is 48.0 Å². The standard InChI is InChI=1S/C27H35N7O.CH2O/c1-33-13-15-34(16-14-33)26(35)20-9-11-23(12-10-20)30-27-29-18-22(8-7-19-5-6-19)25(32-27)31-24-4-2-3-21(24)17-28;1-2/h9-12,18-19,21,24H,2-6,13-17,28H2,1H3,(H2,29,30,31,32);1H2. The Hall–Kier alpha value is -3.48. The fourth-order valence-electron chi connectivity index (χ4n) is 4.75. The van der Waals surface area contributed by atoms with Crippen molar-refractivity contribution in [2.45, 2.75) is 38.1 Å². The molecule has 9 heteroatoms. The molecule has 5 rings (SSSR count). The van der Waals surface area contributed by atoms with Crippen LogP contribution in [-0.2, 0) is 4.79 Å². The van der Waals surface area contributed by atoms with Crippen LogP contribution in [0.5, 0.6) is 0 Å². The SMILES string of the molecule is C=O.CN1CCN(C(=O)c2ccc(Nc3ncc(C#CC4CC4)c(NC4CCCC4CN)n3)cc2)CC1. The van der Waals surface area contributed by atoms with Crippen molar-refractivity contribution in [1.29, 1.82) is 0 Å². The van der Waals surface area contributed by atoms with Gasteiger partial charge in [-0.1, -0.05) is 18.3 Å². The molecular formula is C28H37N7O2. The van der Waals surface area contributed by atoms with Gasteiger partial charge in [-0.15, -0.1) is 0 Å². The molecule has 1 aliphatic heterocycles. The Bertz CT molecular complexity index is 1120. The molecule has 9 nitrogen and oxygen atoms in total. The summed E-state index contributed by atoms with van der Waals surface area (Å²) in [5.41, 5.74) is 8.37. The Balaban J connectivity index is 0.00000156. The molecule has 2 unspecified atom stereocenters. The number of likely N-dealkylation sites (N-methyl/N-ethyl adjacent to an activating group) is 1. The number of rotatable bonds is 6. The smallest absolute Gasteiger partial charge is 0.253 e. The third-order valence-corrected chi connectivity index (χ3v) is 7.24. The van der Waals surface area contributed by atoms with E-state index in [0.29, 0.717) is 35.9 Å². The molecular weight excluding hydrogens is 466 g/mol. The molecule has 2 aliphatic carbocycles. The van der Waals surface area contributed by atoms with Crippen LogP contribution < -0.4 is 16.4 Å². The first-order valence-corrected chi connectivity index (χ1v) is 13.1. The van der Waals surface area contributed by atoms with Gasteiger partial charge in [0, 0.05) is 49.4 Å². The molecule has 2 saturated carbocycles. The zero-order valence-corrected chi connectivity index (χ0v) is 21.6. The fraction of sp³-hybridized carbons (Fsp3) is 0.500. The average molecular weight is 504 g/mol. The summed E-state index contributed by atoms with van der Waals surface area (Å²) < 4.78 is 0. The van der Waals surface area contributed by atoms with Crippen molar-refractivity contribution in [3.05, 3.63) is 41.6 Å². The number of nitrogens with two attached hydrogens (primary N) is 1. The molecule has 3 aliphatic rings. The zero-order chi connectivity index (χ0) is 26.2. The normalized spacial score (nSPS) is 21.3. The fourth-order valence-corrected chi connectivity index (χ4v) is 4.75. The van der Waals surface area contributed by atoms with E-state index in [1.165, 1.54) is 19.3 Å². The molecule has 0 bridgehead atoms. The van der Waals surface area contributed by atoms with Crippen molar-refractivity contribution in [3.8, 4) is 11.8 Å². The molecule has 2 atom stereocenters. The Morgan fingerprint density at radius 1 is 1.11 bits per heavy atom. The molecule has 4 N–H and O–H groups in total. The highest BCUT2D eigenvalue weighted by Crippen LogP contribution is 2.30. The lowest BCUT2D eigenvalue weighted by molar-refractivity contribution is -0.0980. The van der Waals surface area contributed by atoms with Crippen LogP contribution >= 0.6 is 0 Å². The van der Waals surface area contributed by atoms with E-state index in [4.69, 9.17) is 15.5 Å². The number of nitrogens with zero attached hydrogens (tertiary/aromatic N) is 4. The van der Waals surface area contributed by atoms with Crippen molar-refractivity contribution >= 4 is 30.1 Å². The Morgan fingerprint density at radius 2 is 1.84 bits per heavy atom. The van der Waals surface area contributed by atoms with Gasteiger partial charge in [-0.05, 0) is 69.5 Å². The second kappa shape index (κ2) is 12.7. The molecule has 1 aromatic heterocycles. The largest absolute Gasteiger partial charge is 0.366 e. The molecule has 2 heterocycles. The molecule has 3 fully saturated rings. The van der Waals surface area contributed by atoms with Crippen molar-refractivity contribution in [3.63, 3.8) is 0 Å². The van der Waals surface area contributed by atoms with Crippen molar-refractivity contribution in [2.24, 2.45) is 17.6 Å². The molecule has 37 heavy (non-hydrogen) atoms. The number of carbonyl (C=O) groups is 2. The summed E-state index contributed by atoms with van der Waals surface area (Å²) in [6, 6.07) is 7.85. The average Bonchev–Trinajstić information content (AvgIpc) is 3.66. The summed E-state index contributed by atoms with van der Waals surface area (Å²) in [5.74, 6) is 8.93. The lowest BCUT2D eigenvalue weighted by Crippen LogP contribution is -2.47. The predicted molar refractivity (Wildman–Crippen MR) is 146 cm³/mol. The van der Waals surface area contributed by atoms with E-state index >= 15 is 0 Å². The zero-order valence-electron chi connectivity index (χ0n) is 21.6. The third-order valence-electron chi connectivity index (χ3n) is 7.24. The molecule has 1 aromatic carbocycles. The van der Waals surface area contributed by atoms with E-state index < -0.39 is 0 Å². The monoisotopic (exact) mass is 503 g/mol. The summed E-state index contributed by atoms with van der Waals surface area (Å²) in [6.07, 6.45) is 7.57. The lowest BCUT2D eigenvalue weighted by atomic mass is 10.0. The number of anilines is 3. The highest BCUT2D eigenvalue weighted by atomic mass is 16.2. The number of aromatic nitrogens is 2. The van der Waals surface area contributed by atoms with Gasteiger partial charge in [-0.3, -0.25) is 4.79 Å². The van der Waals surface area contributed by atoms with E-state index in [2.05, 4.69) is 39.4 Å². The number of hydrogen-bond donors (Lipinski definition) is 3. The van der Waals surface area contributed by atoms with Gasteiger partial charge in [0.15, 0.2) is 0 Å². The van der Waals surface area contributed by atoms with Crippen molar-refractivity contribution in [1.82, 2.24) is 19.8 Å². The van der Waals surface area contributed by atoms with E-state index in [0.717, 1.165) is 56.1 Å². The summed E-state index contributed by atoms with van der Waals surface area (Å²) in [5, 5.41) is 6.90. The molecule has 196 valence electrons. The lowest BCUT2D eigenvalue weighted by Gasteiger charge is -2.32.